The predicted octanol–water partition coefficient (Wildman–Crippen LogP) is 14.5. The van der Waals surface area contributed by atoms with Crippen LogP contribution in [0.5, 0.6) is 46.0 Å². The third-order valence-electron chi connectivity index (χ3n) is 16.6. The molecule has 16 heteroatoms. The van der Waals surface area contributed by atoms with Crippen molar-refractivity contribution in [3.05, 3.63) is 190 Å². The molecule has 0 fully saturated rings. The zero-order chi connectivity index (χ0) is 62.1. The lowest BCUT2D eigenvalue weighted by Gasteiger charge is -2.31. The van der Waals surface area contributed by atoms with Crippen LogP contribution in [0.4, 0.5) is 45.5 Å². The molecule has 16 nitrogen and oxygen atoms in total. The Morgan fingerprint density at radius 1 is 0.284 bits per heavy atom. The molecule has 9 rings (SSSR count). The summed E-state index contributed by atoms with van der Waals surface area (Å²) in [6.45, 7) is 12.1. The van der Waals surface area contributed by atoms with Crippen LogP contribution in [0.1, 0.15) is 122 Å². The van der Waals surface area contributed by atoms with E-state index in [2.05, 4.69) is 97.5 Å². The number of rotatable bonds is 28. The Morgan fingerprint density at radius 2 is 0.477 bits per heavy atom. The Kier molecular flexibility index (Phi) is 21.7. The summed E-state index contributed by atoms with van der Waals surface area (Å²) in [5.74, 6) is 4.38. The van der Waals surface area contributed by atoms with Gasteiger partial charge in [0.25, 0.3) is 0 Å². The quantitative estimate of drug-likeness (QED) is 0.0169. The number of fused-ring (bicyclic) bond motifs is 8. The maximum atomic E-state index is 6.96. The van der Waals surface area contributed by atoms with Gasteiger partial charge in [-0.05, 0) is 98.5 Å². The summed E-state index contributed by atoms with van der Waals surface area (Å²) in [5, 5.41) is 13.9. The first-order chi connectivity index (χ1) is 43.0. The second-order valence-corrected chi connectivity index (χ2v) is 21.8. The molecule has 0 aliphatic heterocycles. The number of anilines is 8. The minimum absolute atomic E-state index is 0.262. The summed E-state index contributed by atoms with van der Waals surface area (Å²) in [5.41, 5.74) is 39.3. The van der Waals surface area contributed by atoms with Crippen LogP contribution >= 0.6 is 0 Å². The highest BCUT2D eigenvalue weighted by Gasteiger charge is 2.34. The van der Waals surface area contributed by atoms with Gasteiger partial charge in [0.05, 0.1) is 73.9 Å². The van der Waals surface area contributed by atoms with Gasteiger partial charge >= 0.3 is 0 Å². The van der Waals surface area contributed by atoms with Gasteiger partial charge in [-0.15, -0.1) is 0 Å². The van der Waals surface area contributed by atoms with E-state index >= 15 is 0 Å². The number of hydrogen-bond donors (Lipinski definition) is 8. The Hall–Kier alpha value is -9.44. The molecule has 0 amide bonds. The van der Waals surface area contributed by atoms with Crippen molar-refractivity contribution in [1.82, 2.24) is 0 Å². The molecule has 0 saturated heterocycles. The normalized spacial score (nSPS) is 15.1. The van der Waals surface area contributed by atoms with Crippen LogP contribution in [0.2, 0.25) is 0 Å². The summed E-state index contributed by atoms with van der Waals surface area (Å²) >= 11 is 0. The number of ether oxygens (including phenoxy) is 8. The number of nitrogens with one attached hydrogen (secondary N) is 4. The molecule has 4 atom stereocenters. The van der Waals surface area contributed by atoms with E-state index in [4.69, 9.17) is 60.8 Å². The Labute approximate surface area is 519 Å². The van der Waals surface area contributed by atoms with Gasteiger partial charge in [0.2, 0.25) is 0 Å². The van der Waals surface area contributed by atoms with Gasteiger partial charge in [-0.25, -0.2) is 0 Å². The SMILES string of the molecule is CC[C@@H]1c2cc(c(OCCNc3ccccc3N)cc2OC)[C@@H](CC)c2cc(c(OCCNc3ccccc3N)cc2OC)[C@@H](CC)c2cc(c(OCCNc3ccccc3N)cc2OC)[C@H](CC)c2cc1c(OCCNc1ccccc1N)cc2OC. The van der Waals surface area contributed by atoms with Crippen LogP contribution in [0.15, 0.2) is 146 Å². The van der Waals surface area contributed by atoms with Gasteiger partial charge in [0, 0.05) is 119 Å². The Bertz CT molecular complexity index is 3150. The van der Waals surface area contributed by atoms with E-state index < -0.39 is 0 Å². The number of methoxy groups -OCH3 is 4. The van der Waals surface area contributed by atoms with E-state index in [9.17, 15) is 0 Å². The number of nitrogens with two attached hydrogens (primary N) is 4. The van der Waals surface area contributed by atoms with Crippen LogP contribution in [-0.2, 0) is 0 Å². The summed E-state index contributed by atoms with van der Waals surface area (Å²) < 4.78 is 53.8. The van der Waals surface area contributed by atoms with E-state index in [1.54, 1.807) is 28.4 Å². The van der Waals surface area contributed by atoms with Crippen LogP contribution in [0, 0.1) is 0 Å². The summed E-state index contributed by atoms with van der Waals surface area (Å²) in [6, 6.07) is 48.3. The highest BCUT2D eigenvalue weighted by Crippen LogP contribution is 2.53. The van der Waals surface area contributed by atoms with Crippen molar-refractivity contribution in [2.75, 3.05) is 125 Å². The molecule has 0 saturated carbocycles. The molecule has 12 N–H and O–H groups in total. The zero-order valence-corrected chi connectivity index (χ0v) is 52.2. The summed E-state index contributed by atoms with van der Waals surface area (Å²) in [4.78, 5) is 0. The second kappa shape index (κ2) is 30.3. The van der Waals surface area contributed by atoms with E-state index in [0.29, 0.717) is 147 Å². The van der Waals surface area contributed by atoms with Crippen molar-refractivity contribution in [3.63, 3.8) is 0 Å². The van der Waals surface area contributed by atoms with Gasteiger partial charge < -0.3 is 82.1 Å². The second-order valence-electron chi connectivity index (χ2n) is 21.8. The van der Waals surface area contributed by atoms with Crippen molar-refractivity contribution < 1.29 is 37.9 Å². The van der Waals surface area contributed by atoms with Gasteiger partial charge in [0.1, 0.15) is 72.4 Å². The average molecular weight is 1190 g/mol. The van der Waals surface area contributed by atoms with E-state index in [1.165, 1.54) is 0 Å². The fourth-order valence-corrected chi connectivity index (χ4v) is 12.2. The van der Waals surface area contributed by atoms with Crippen LogP contribution in [-0.4, -0.2) is 81.0 Å². The topological polar surface area (TPSA) is 226 Å². The molecule has 8 aromatic carbocycles. The summed E-state index contributed by atoms with van der Waals surface area (Å²) in [7, 11) is 6.89. The van der Waals surface area contributed by atoms with Gasteiger partial charge in [-0.1, -0.05) is 76.2 Å². The minimum atomic E-state index is -0.262. The molecule has 0 aromatic heterocycles. The van der Waals surface area contributed by atoms with Gasteiger partial charge in [-0.2, -0.15) is 0 Å². The minimum Gasteiger partial charge on any atom is -0.496 e. The number of para-hydroxylation sites is 8. The van der Waals surface area contributed by atoms with Gasteiger partial charge in [-0.3, -0.25) is 0 Å². The third kappa shape index (κ3) is 14.3. The van der Waals surface area contributed by atoms with Crippen molar-refractivity contribution in [1.29, 1.82) is 0 Å². The zero-order valence-electron chi connectivity index (χ0n) is 52.2. The maximum absolute atomic E-state index is 6.96. The smallest absolute Gasteiger partial charge is 0.126 e. The van der Waals surface area contributed by atoms with Crippen molar-refractivity contribution in [3.8, 4) is 46.0 Å². The lowest BCUT2D eigenvalue weighted by Crippen LogP contribution is -2.18. The Balaban J connectivity index is 1.26. The predicted molar refractivity (Wildman–Crippen MR) is 360 cm³/mol. The van der Waals surface area contributed by atoms with Crippen molar-refractivity contribution in [2.45, 2.75) is 77.0 Å². The average Bonchev–Trinajstić information content (AvgIpc) is 1.25. The monoisotopic (exact) mass is 1190 g/mol. The third-order valence-corrected chi connectivity index (χ3v) is 16.6. The van der Waals surface area contributed by atoms with E-state index in [-0.39, 0.29) is 23.7 Å². The molecular weight excluding hydrogens is 1100 g/mol. The van der Waals surface area contributed by atoms with Crippen LogP contribution < -0.4 is 82.1 Å². The molecule has 8 bridgehead atoms. The number of nitrogen functional groups attached to an aromatic ring is 4. The van der Waals surface area contributed by atoms with Crippen LogP contribution in [0.3, 0.4) is 0 Å². The molecule has 1 aliphatic carbocycles. The van der Waals surface area contributed by atoms with Crippen molar-refractivity contribution in [2.24, 2.45) is 0 Å². The lowest BCUT2D eigenvalue weighted by molar-refractivity contribution is 0.319. The molecule has 0 unspecified atom stereocenters. The molecule has 0 radical (unpaired) electrons. The summed E-state index contributed by atoms with van der Waals surface area (Å²) in [6.07, 6.45) is 2.71. The van der Waals surface area contributed by atoms with Gasteiger partial charge in [0.15, 0.2) is 0 Å². The first kappa shape index (κ1) is 63.1. The Morgan fingerprint density at radius 3 is 0.659 bits per heavy atom. The number of hydrogen-bond acceptors (Lipinski definition) is 16. The fourth-order valence-electron chi connectivity index (χ4n) is 12.2. The van der Waals surface area contributed by atoms with Crippen molar-refractivity contribution >= 4 is 45.5 Å². The molecule has 88 heavy (non-hydrogen) atoms. The standard InChI is InChI=1S/C72H88N8O8/c1-9-45-49-37-54(70(41-65(49)81-5)86-34-30-78-62-26-18-14-22-58(62)74)47(11-3)51-39-56(72(43-67(51)83-7)88-36-32-80-64-28-20-16-24-60(64)76)48(12-4)52-40-55(71(44-68(52)84-8)87-35-31-79-63-27-19-15-23-59(63)75)46(10-2)50-38-53(45)69(42-66(50)82-6)85-33-29-77-61-25-17-13-21-57(61)73/h13-28,37-48,77-80H,9-12,29-36,73-76H2,1-8H3/t45-,46-,47+,48+. The molecule has 0 heterocycles. The molecular formula is C72H88N8O8. The van der Waals surface area contributed by atoms with E-state index in [0.717, 1.165) is 67.3 Å². The highest BCUT2D eigenvalue weighted by molar-refractivity contribution is 5.69. The first-order valence-corrected chi connectivity index (χ1v) is 30.7. The maximum Gasteiger partial charge on any atom is 0.126 e. The number of benzene rings is 8. The molecule has 8 aromatic rings. The largest absolute Gasteiger partial charge is 0.496 e. The van der Waals surface area contributed by atoms with Crippen LogP contribution in [0.25, 0.3) is 0 Å². The molecule has 1 aliphatic rings. The fraction of sp³-hybridized carbons (Fsp3) is 0.333. The lowest BCUT2D eigenvalue weighted by atomic mass is 9.77. The van der Waals surface area contributed by atoms with E-state index in [1.807, 2.05) is 97.1 Å². The molecule has 0 spiro atoms. The first-order valence-electron chi connectivity index (χ1n) is 30.7. The highest BCUT2D eigenvalue weighted by atomic mass is 16.5. The molecule has 464 valence electrons.